The van der Waals surface area contributed by atoms with E-state index in [-0.39, 0.29) is 23.4 Å². The van der Waals surface area contributed by atoms with Gasteiger partial charge in [-0.05, 0) is 36.4 Å². The highest BCUT2D eigenvalue weighted by atomic mass is 32.2. The summed E-state index contributed by atoms with van der Waals surface area (Å²) in [5.41, 5.74) is 1.51. The van der Waals surface area contributed by atoms with E-state index >= 15 is 0 Å². The molecule has 1 aliphatic heterocycles. The molecule has 9 nitrogen and oxygen atoms in total. The van der Waals surface area contributed by atoms with Crippen LogP contribution in [0.2, 0.25) is 0 Å². The van der Waals surface area contributed by atoms with Gasteiger partial charge >= 0.3 is 5.76 Å². The molecule has 0 atom stereocenters. The second-order valence-electron chi connectivity index (χ2n) is 5.95. The number of nitrogens with one attached hydrogen (secondary N) is 2. The molecular weight excluding hydrogens is 374 g/mol. The van der Waals surface area contributed by atoms with Gasteiger partial charge in [0.1, 0.15) is 0 Å². The number of hydrogen-bond acceptors (Lipinski definition) is 6. The van der Waals surface area contributed by atoms with Crippen molar-refractivity contribution in [3.8, 4) is 0 Å². The van der Waals surface area contributed by atoms with Crippen LogP contribution in [0.15, 0.2) is 51.7 Å². The summed E-state index contributed by atoms with van der Waals surface area (Å²) in [4.78, 5) is 38.1. The lowest BCUT2D eigenvalue weighted by atomic mass is 10.1. The molecule has 0 aliphatic carbocycles. The number of oxazole rings is 1. The average molecular weight is 387 g/mol. The van der Waals surface area contributed by atoms with Crippen LogP contribution in [0.5, 0.6) is 0 Å². The Morgan fingerprint density at radius 1 is 1.15 bits per heavy atom. The molecule has 138 valence electrons. The van der Waals surface area contributed by atoms with Gasteiger partial charge in [-0.1, -0.05) is 6.07 Å². The van der Waals surface area contributed by atoms with Crippen molar-refractivity contribution in [1.82, 2.24) is 4.98 Å². The van der Waals surface area contributed by atoms with Crippen LogP contribution in [0.1, 0.15) is 16.8 Å². The first kappa shape index (κ1) is 17.0. The van der Waals surface area contributed by atoms with Crippen LogP contribution in [0.25, 0.3) is 11.1 Å². The number of aromatic amines is 1. The van der Waals surface area contributed by atoms with Gasteiger partial charge in [-0.3, -0.25) is 14.6 Å². The van der Waals surface area contributed by atoms with Crippen LogP contribution in [-0.2, 0) is 14.8 Å². The number of H-pyrrole nitrogens is 1. The van der Waals surface area contributed by atoms with Crippen molar-refractivity contribution < 1.29 is 22.4 Å². The topological polar surface area (TPSA) is 130 Å². The number of amides is 2. The Kier molecular flexibility index (Phi) is 3.84. The molecule has 4 rings (SSSR count). The van der Waals surface area contributed by atoms with Crippen LogP contribution in [0.3, 0.4) is 0 Å². The minimum Gasteiger partial charge on any atom is -0.408 e. The molecule has 0 bridgehead atoms. The predicted octanol–water partition coefficient (Wildman–Crippen LogP) is 1.44. The van der Waals surface area contributed by atoms with Crippen molar-refractivity contribution in [3.63, 3.8) is 0 Å². The number of benzene rings is 2. The summed E-state index contributed by atoms with van der Waals surface area (Å²) >= 11 is 0. The molecule has 1 saturated heterocycles. The van der Waals surface area contributed by atoms with Gasteiger partial charge < -0.3 is 9.73 Å². The van der Waals surface area contributed by atoms with Crippen LogP contribution in [-0.4, -0.2) is 31.0 Å². The summed E-state index contributed by atoms with van der Waals surface area (Å²) < 4.78 is 29.7. The van der Waals surface area contributed by atoms with Gasteiger partial charge in [-0.2, -0.15) is 0 Å². The van der Waals surface area contributed by atoms with E-state index in [9.17, 15) is 22.8 Å². The molecule has 3 aromatic rings. The highest BCUT2D eigenvalue weighted by Crippen LogP contribution is 2.26. The lowest BCUT2D eigenvalue weighted by molar-refractivity contribution is -0.116. The number of anilines is 2. The van der Waals surface area contributed by atoms with Gasteiger partial charge in [0.05, 0.1) is 17.0 Å². The Balaban J connectivity index is 1.62. The summed E-state index contributed by atoms with van der Waals surface area (Å²) in [6.45, 7) is 0. The fraction of sp³-hybridized carbons (Fsp3) is 0.118. The second kappa shape index (κ2) is 6.09. The van der Waals surface area contributed by atoms with Crippen LogP contribution in [0, 0.1) is 0 Å². The zero-order valence-electron chi connectivity index (χ0n) is 13.8. The molecule has 1 aliphatic rings. The fourth-order valence-corrected chi connectivity index (χ4v) is 4.33. The normalized spacial score (nSPS) is 16.0. The monoisotopic (exact) mass is 387 g/mol. The molecule has 0 radical (unpaired) electrons. The SMILES string of the molecule is O=C(Nc1ccc2oc(=O)[nH]c2c1)c1cccc(N2C(=O)CCS2(=O)=O)c1. The van der Waals surface area contributed by atoms with Crippen LogP contribution in [0.4, 0.5) is 11.4 Å². The van der Waals surface area contributed by atoms with E-state index in [1.54, 1.807) is 6.07 Å². The van der Waals surface area contributed by atoms with Crippen LogP contribution < -0.4 is 15.4 Å². The standard InChI is InChI=1S/C17H13N3O6S/c21-15-6-7-27(24,25)20(15)12-3-1-2-10(8-12)16(22)18-11-4-5-14-13(9-11)19-17(23)26-14/h1-5,8-9H,6-7H2,(H,18,22)(H,19,23). The van der Waals surface area contributed by atoms with Crippen molar-refractivity contribution in [2.75, 3.05) is 15.4 Å². The Morgan fingerprint density at radius 3 is 2.70 bits per heavy atom. The molecular formula is C17H13N3O6S. The largest absolute Gasteiger partial charge is 0.417 e. The highest BCUT2D eigenvalue weighted by Gasteiger charge is 2.36. The second-order valence-corrected chi connectivity index (χ2v) is 7.89. The van der Waals surface area contributed by atoms with Crippen LogP contribution >= 0.6 is 0 Å². The molecule has 0 unspecified atom stereocenters. The molecule has 2 N–H and O–H groups in total. The van der Waals surface area contributed by atoms with E-state index in [1.807, 2.05) is 0 Å². The molecule has 27 heavy (non-hydrogen) atoms. The molecule has 10 heteroatoms. The minimum absolute atomic E-state index is 0.0817. The first-order valence-electron chi connectivity index (χ1n) is 7.94. The first-order valence-corrected chi connectivity index (χ1v) is 9.54. The maximum absolute atomic E-state index is 12.5. The number of sulfonamides is 1. The lowest BCUT2D eigenvalue weighted by Crippen LogP contribution is -2.29. The predicted molar refractivity (Wildman–Crippen MR) is 97.1 cm³/mol. The Bertz CT molecular complexity index is 1240. The Labute approximate surface area is 152 Å². The number of fused-ring (bicyclic) bond motifs is 1. The van der Waals surface area contributed by atoms with Gasteiger partial charge in [-0.25, -0.2) is 17.5 Å². The van der Waals surface area contributed by atoms with Gasteiger partial charge in [0.25, 0.3) is 5.91 Å². The zero-order chi connectivity index (χ0) is 19.2. The third-order valence-electron chi connectivity index (χ3n) is 4.10. The van der Waals surface area contributed by atoms with E-state index < -0.39 is 27.6 Å². The van der Waals surface area contributed by atoms with Crippen molar-refractivity contribution in [2.24, 2.45) is 0 Å². The number of nitrogens with zero attached hydrogens (tertiary/aromatic N) is 1. The summed E-state index contributed by atoms with van der Waals surface area (Å²) in [7, 11) is -3.70. The summed E-state index contributed by atoms with van der Waals surface area (Å²) in [6.07, 6.45) is -0.0817. The lowest BCUT2D eigenvalue weighted by Gasteiger charge is -2.15. The Morgan fingerprint density at radius 2 is 1.96 bits per heavy atom. The summed E-state index contributed by atoms with van der Waals surface area (Å²) in [6, 6.07) is 10.4. The van der Waals surface area contributed by atoms with Gasteiger partial charge in [0.2, 0.25) is 15.9 Å². The average Bonchev–Trinajstić information content (AvgIpc) is 3.12. The molecule has 2 amide bonds. The minimum atomic E-state index is -3.70. The van der Waals surface area contributed by atoms with E-state index in [2.05, 4.69) is 10.3 Å². The van der Waals surface area contributed by atoms with E-state index in [0.717, 1.165) is 4.31 Å². The number of aromatic nitrogens is 1. The highest BCUT2D eigenvalue weighted by molar-refractivity contribution is 7.94. The molecule has 0 spiro atoms. The maximum Gasteiger partial charge on any atom is 0.417 e. The van der Waals surface area contributed by atoms with E-state index in [4.69, 9.17) is 4.42 Å². The fourth-order valence-electron chi connectivity index (χ4n) is 2.88. The quantitative estimate of drug-likeness (QED) is 0.699. The smallest absolute Gasteiger partial charge is 0.408 e. The van der Waals surface area contributed by atoms with Crippen molar-refractivity contribution >= 4 is 44.3 Å². The van der Waals surface area contributed by atoms with E-state index in [1.165, 1.54) is 36.4 Å². The third kappa shape index (κ3) is 3.10. The van der Waals surface area contributed by atoms with Gasteiger partial charge in [0, 0.05) is 17.7 Å². The van der Waals surface area contributed by atoms with Crippen molar-refractivity contribution in [2.45, 2.75) is 6.42 Å². The first-order chi connectivity index (χ1) is 12.8. The van der Waals surface area contributed by atoms with E-state index in [0.29, 0.717) is 16.8 Å². The molecule has 1 aromatic heterocycles. The number of hydrogen-bond donors (Lipinski definition) is 2. The number of carbonyl (C=O) groups excluding carboxylic acids is 2. The molecule has 2 heterocycles. The van der Waals surface area contributed by atoms with Crippen molar-refractivity contribution in [1.29, 1.82) is 0 Å². The molecule has 2 aromatic carbocycles. The summed E-state index contributed by atoms with van der Waals surface area (Å²) in [5.74, 6) is -1.86. The number of rotatable bonds is 3. The third-order valence-corrected chi connectivity index (χ3v) is 5.79. The molecule has 1 fully saturated rings. The maximum atomic E-state index is 12.5. The van der Waals surface area contributed by atoms with Gasteiger partial charge in [-0.15, -0.1) is 0 Å². The molecule has 0 saturated carbocycles. The zero-order valence-corrected chi connectivity index (χ0v) is 14.6. The Hall–Kier alpha value is -3.40. The summed E-state index contributed by atoms with van der Waals surface area (Å²) in [5, 5.41) is 2.65. The van der Waals surface area contributed by atoms with Gasteiger partial charge in [0.15, 0.2) is 5.58 Å². The number of carbonyl (C=O) groups is 2. The van der Waals surface area contributed by atoms with Crippen molar-refractivity contribution in [3.05, 3.63) is 58.6 Å².